The Labute approximate surface area is 194 Å². The number of amides is 2. The highest BCUT2D eigenvalue weighted by atomic mass is 16.5. The zero-order valence-electron chi connectivity index (χ0n) is 19.1. The van der Waals surface area contributed by atoms with Crippen molar-refractivity contribution in [2.24, 2.45) is 5.92 Å². The van der Waals surface area contributed by atoms with Crippen molar-refractivity contribution in [1.82, 2.24) is 20.5 Å². The van der Waals surface area contributed by atoms with Crippen molar-refractivity contribution >= 4 is 18.3 Å². The molecular formula is C24H32N4O5. The zero-order valence-corrected chi connectivity index (χ0v) is 19.1. The first kappa shape index (κ1) is 25.8. The van der Waals surface area contributed by atoms with E-state index < -0.39 is 0 Å². The molecule has 0 saturated carbocycles. The number of hydrogen-bond acceptors (Lipinski definition) is 6. The van der Waals surface area contributed by atoms with E-state index in [0.29, 0.717) is 31.9 Å². The third kappa shape index (κ3) is 9.28. The largest absolute Gasteiger partial charge is 0.492 e. The highest BCUT2D eigenvalue weighted by molar-refractivity contribution is 5.92. The monoisotopic (exact) mass is 456 g/mol. The van der Waals surface area contributed by atoms with Gasteiger partial charge in [-0.15, -0.1) is 0 Å². The number of ether oxygens (including phenoxy) is 1. The van der Waals surface area contributed by atoms with Gasteiger partial charge in [-0.3, -0.25) is 14.4 Å². The fourth-order valence-corrected chi connectivity index (χ4v) is 3.68. The summed E-state index contributed by atoms with van der Waals surface area (Å²) in [6.45, 7) is 3.89. The number of carboxylic acid groups (broad SMARTS) is 1. The van der Waals surface area contributed by atoms with E-state index in [0.717, 1.165) is 24.3 Å². The Kier molecular flexibility index (Phi) is 10.8. The molecule has 1 aromatic heterocycles. The van der Waals surface area contributed by atoms with Gasteiger partial charge in [0.15, 0.2) is 0 Å². The van der Waals surface area contributed by atoms with E-state index in [9.17, 15) is 9.59 Å². The van der Waals surface area contributed by atoms with E-state index >= 15 is 0 Å². The van der Waals surface area contributed by atoms with Gasteiger partial charge in [0.1, 0.15) is 18.1 Å². The fourth-order valence-electron chi connectivity index (χ4n) is 3.68. The number of nitrogens with zero attached hydrogens (tertiary/aromatic N) is 2. The predicted octanol–water partition coefficient (Wildman–Crippen LogP) is 1.73. The number of nitrogens with one attached hydrogen (secondary N) is 2. The normalized spacial score (nSPS) is 18.1. The molecule has 1 fully saturated rings. The van der Waals surface area contributed by atoms with E-state index in [1.54, 1.807) is 6.07 Å². The van der Waals surface area contributed by atoms with Crippen LogP contribution in [-0.4, -0.2) is 72.6 Å². The van der Waals surface area contributed by atoms with Gasteiger partial charge in [0, 0.05) is 24.8 Å². The van der Waals surface area contributed by atoms with Gasteiger partial charge in [0.05, 0.1) is 12.5 Å². The number of pyridine rings is 1. The molecular weight excluding hydrogens is 424 g/mol. The van der Waals surface area contributed by atoms with Gasteiger partial charge < -0.3 is 25.4 Å². The maximum Gasteiger partial charge on any atom is 0.290 e. The lowest BCUT2D eigenvalue weighted by atomic mass is 10.0. The van der Waals surface area contributed by atoms with Crippen molar-refractivity contribution in [2.45, 2.75) is 25.8 Å². The van der Waals surface area contributed by atoms with Gasteiger partial charge in [0.2, 0.25) is 5.91 Å². The minimum absolute atomic E-state index is 0.0102. The third-order valence-electron chi connectivity index (χ3n) is 5.17. The smallest absolute Gasteiger partial charge is 0.290 e. The molecule has 2 atom stereocenters. The van der Waals surface area contributed by atoms with Crippen molar-refractivity contribution in [1.29, 1.82) is 0 Å². The number of carbonyl (C=O) groups excluding carboxylic acids is 2. The van der Waals surface area contributed by atoms with Gasteiger partial charge in [-0.25, -0.2) is 4.98 Å². The molecule has 0 spiro atoms. The molecule has 3 N–H and O–H groups in total. The summed E-state index contributed by atoms with van der Waals surface area (Å²) >= 11 is 0. The van der Waals surface area contributed by atoms with Crippen molar-refractivity contribution in [3.8, 4) is 5.75 Å². The lowest BCUT2D eigenvalue weighted by Crippen LogP contribution is -2.42. The second-order valence-electron chi connectivity index (χ2n) is 7.89. The van der Waals surface area contributed by atoms with Crippen LogP contribution in [0.4, 0.5) is 0 Å². The number of benzene rings is 1. The average Bonchev–Trinajstić information content (AvgIpc) is 2.98. The Bertz CT molecular complexity index is 893. The van der Waals surface area contributed by atoms with Crippen molar-refractivity contribution in [3.63, 3.8) is 0 Å². The molecule has 178 valence electrons. The molecule has 0 unspecified atom stereocenters. The highest BCUT2D eigenvalue weighted by Crippen LogP contribution is 2.17. The summed E-state index contributed by atoms with van der Waals surface area (Å²) in [5.74, 6) is 0.553. The fraction of sp³-hybridized carbons (Fsp3) is 0.417. The molecule has 9 nitrogen and oxygen atoms in total. The topological polar surface area (TPSA) is 121 Å². The quantitative estimate of drug-likeness (QED) is 0.429. The van der Waals surface area contributed by atoms with Gasteiger partial charge in [-0.1, -0.05) is 24.3 Å². The molecule has 2 aromatic rings. The van der Waals surface area contributed by atoms with E-state index in [-0.39, 0.29) is 30.2 Å². The number of likely N-dealkylation sites (N-methyl/N-ethyl adjacent to an activating group) is 1. The van der Waals surface area contributed by atoms with Crippen LogP contribution in [-0.2, 0) is 9.59 Å². The lowest BCUT2D eigenvalue weighted by Gasteiger charge is -2.21. The van der Waals surface area contributed by atoms with Gasteiger partial charge in [0.25, 0.3) is 12.4 Å². The number of para-hydroxylation sites is 1. The Morgan fingerprint density at radius 2 is 1.88 bits per heavy atom. The molecule has 1 aliphatic rings. The molecule has 2 amide bonds. The Morgan fingerprint density at radius 1 is 1.15 bits per heavy atom. The predicted molar refractivity (Wildman–Crippen MR) is 124 cm³/mol. The van der Waals surface area contributed by atoms with Gasteiger partial charge >= 0.3 is 0 Å². The van der Waals surface area contributed by atoms with Gasteiger partial charge in [-0.2, -0.15) is 0 Å². The van der Waals surface area contributed by atoms with Crippen LogP contribution in [0.15, 0.2) is 48.5 Å². The summed E-state index contributed by atoms with van der Waals surface area (Å²) in [6, 6.07) is 15.0. The second-order valence-corrected chi connectivity index (χ2v) is 7.89. The van der Waals surface area contributed by atoms with Crippen LogP contribution in [0.3, 0.4) is 0 Å². The maximum absolute atomic E-state index is 12.6. The first-order chi connectivity index (χ1) is 15.9. The molecule has 1 aliphatic heterocycles. The van der Waals surface area contributed by atoms with Gasteiger partial charge in [-0.05, 0) is 51.1 Å². The first-order valence-electron chi connectivity index (χ1n) is 10.9. The van der Waals surface area contributed by atoms with Crippen LogP contribution in [0, 0.1) is 12.8 Å². The van der Waals surface area contributed by atoms with E-state index in [4.69, 9.17) is 14.6 Å². The van der Waals surface area contributed by atoms with Crippen LogP contribution < -0.4 is 15.4 Å². The SMILES string of the molecule is Cc1cccc(C(=O)N[C@H]2CC[C@@H](C(=O)NCCOc3ccccc3)CN(C)C2)n1.O=CO. The summed E-state index contributed by atoms with van der Waals surface area (Å²) in [5, 5.41) is 12.9. The van der Waals surface area contributed by atoms with Crippen molar-refractivity contribution in [2.75, 3.05) is 33.3 Å². The Balaban J connectivity index is 0.00000122. The minimum Gasteiger partial charge on any atom is -0.492 e. The molecule has 0 aliphatic carbocycles. The number of likely N-dealkylation sites (tertiary alicyclic amines) is 1. The minimum atomic E-state index is -0.250. The zero-order chi connectivity index (χ0) is 24.1. The van der Waals surface area contributed by atoms with E-state index in [1.165, 1.54) is 0 Å². The third-order valence-corrected chi connectivity index (χ3v) is 5.17. The summed E-state index contributed by atoms with van der Waals surface area (Å²) in [6.07, 6.45) is 1.47. The molecule has 0 radical (unpaired) electrons. The summed E-state index contributed by atoms with van der Waals surface area (Å²) in [4.78, 5) is 39.9. The summed E-state index contributed by atoms with van der Waals surface area (Å²) in [5.41, 5.74) is 1.24. The molecule has 1 aromatic carbocycles. The van der Waals surface area contributed by atoms with Crippen molar-refractivity contribution in [3.05, 3.63) is 59.9 Å². The van der Waals surface area contributed by atoms with Crippen LogP contribution in [0.2, 0.25) is 0 Å². The second kappa shape index (κ2) is 13.8. The van der Waals surface area contributed by atoms with E-state index in [1.807, 2.05) is 56.4 Å². The number of rotatable bonds is 7. The number of hydrogen-bond donors (Lipinski definition) is 3. The Hall–Kier alpha value is -3.46. The van der Waals surface area contributed by atoms with Crippen LogP contribution in [0.1, 0.15) is 29.0 Å². The molecule has 33 heavy (non-hydrogen) atoms. The summed E-state index contributed by atoms with van der Waals surface area (Å²) in [7, 11) is 1.98. The van der Waals surface area contributed by atoms with Crippen LogP contribution in [0.5, 0.6) is 5.75 Å². The number of carbonyl (C=O) groups is 3. The molecule has 9 heteroatoms. The van der Waals surface area contributed by atoms with E-state index in [2.05, 4.69) is 20.5 Å². The highest BCUT2D eigenvalue weighted by Gasteiger charge is 2.27. The summed E-state index contributed by atoms with van der Waals surface area (Å²) < 4.78 is 5.62. The molecule has 0 bridgehead atoms. The Morgan fingerprint density at radius 3 is 2.58 bits per heavy atom. The standard InChI is InChI=1S/C23H30N4O3.CH2O2/c1-17-7-6-10-21(25-17)23(29)26-19-12-11-18(15-27(2)16-19)22(28)24-13-14-30-20-8-4-3-5-9-20;2-1-3/h3-10,18-19H,11-16H2,1-2H3,(H,24,28)(H,26,29);1H,(H,2,3)/t18-,19+;/m1./s1. The number of aromatic nitrogens is 1. The molecule has 1 saturated heterocycles. The average molecular weight is 457 g/mol. The first-order valence-corrected chi connectivity index (χ1v) is 10.9. The molecule has 2 heterocycles. The number of aryl methyl sites for hydroxylation is 1. The maximum atomic E-state index is 12.6. The van der Waals surface area contributed by atoms with Crippen molar-refractivity contribution < 1.29 is 24.2 Å². The van der Waals surface area contributed by atoms with Crippen LogP contribution in [0.25, 0.3) is 0 Å². The lowest BCUT2D eigenvalue weighted by molar-refractivity contribution is -0.125. The molecule has 3 rings (SSSR count). The van der Waals surface area contributed by atoms with Crippen LogP contribution >= 0.6 is 0 Å².